The third kappa shape index (κ3) is 4.45. The van der Waals surface area contributed by atoms with Crippen molar-refractivity contribution in [1.29, 1.82) is 0 Å². The number of anilines is 1. The Morgan fingerprint density at radius 1 is 1.19 bits per heavy atom. The molecule has 0 radical (unpaired) electrons. The highest BCUT2D eigenvalue weighted by Crippen LogP contribution is 2.23. The quantitative estimate of drug-likeness (QED) is 0.474. The molecular weight excluding hydrogens is 394 g/mol. The number of fused-ring (bicyclic) bond motifs is 1. The van der Waals surface area contributed by atoms with Crippen molar-refractivity contribution in [2.45, 2.75) is 19.3 Å². The summed E-state index contributed by atoms with van der Waals surface area (Å²) in [5, 5.41) is 15.3. The maximum Gasteiger partial charge on any atom is 0.256 e. The van der Waals surface area contributed by atoms with Crippen LogP contribution in [-0.2, 0) is 0 Å². The Kier molecular flexibility index (Phi) is 5.74. The fraction of sp³-hybridized carbons (Fsp3) is 0.227. The minimum atomic E-state index is -0.263. The van der Waals surface area contributed by atoms with Crippen LogP contribution in [-0.4, -0.2) is 44.4 Å². The van der Waals surface area contributed by atoms with Gasteiger partial charge in [-0.05, 0) is 36.1 Å². The van der Waals surface area contributed by atoms with E-state index in [0.717, 1.165) is 12.0 Å². The second-order valence-electron chi connectivity index (χ2n) is 7.20. The van der Waals surface area contributed by atoms with E-state index in [0.29, 0.717) is 29.4 Å². The van der Waals surface area contributed by atoms with Gasteiger partial charge in [0.15, 0.2) is 5.65 Å². The van der Waals surface area contributed by atoms with Gasteiger partial charge in [-0.1, -0.05) is 37.3 Å². The van der Waals surface area contributed by atoms with Crippen LogP contribution in [0.5, 0.6) is 5.88 Å². The zero-order valence-electron chi connectivity index (χ0n) is 17.3. The molecule has 0 aliphatic carbocycles. The minimum absolute atomic E-state index is 0.171. The molecule has 31 heavy (non-hydrogen) atoms. The number of nitrogens with zero attached hydrogens (tertiary/aromatic N) is 5. The first-order valence-electron chi connectivity index (χ1n) is 9.92. The Morgan fingerprint density at radius 3 is 2.77 bits per heavy atom. The number of rotatable bonds is 7. The van der Waals surface area contributed by atoms with Gasteiger partial charge in [0.2, 0.25) is 11.8 Å². The third-order valence-corrected chi connectivity index (χ3v) is 5.08. The number of nitrogen functional groups attached to an aromatic ring is 1. The zero-order chi connectivity index (χ0) is 21.8. The normalized spacial score (nSPS) is 11.9. The van der Waals surface area contributed by atoms with Gasteiger partial charge in [0.1, 0.15) is 5.56 Å². The average Bonchev–Trinajstić information content (AvgIpc) is 3.18. The Hall–Kier alpha value is -4.01. The number of nitrogens with one attached hydrogen (secondary N) is 1. The molecule has 0 aliphatic rings. The molecule has 158 valence electrons. The Labute approximate surface area is 179 Å². The number of methoxy groups -OCH3 is 1. The molecule has 4 rings (SSSR count). The van der Waals surface area contributed by atoms with Crippen LogP contribution in [0.1, 0.15) is 35.2 Å². The molecule has 1 aromatic carbocycles. The van der Waals surface area contributed by atoms with Gasteiger partial charge in [0, 0.05) is 18.3 Å². The SMILES string of the molecule is COc1nnc(-c2ccn3nc(N)nc3c2)cc1C(=O)NCCC(C)c1ccccc1. The van der Waals surface area contributed by atoms with E-state index >= 15 is 0 Å². The summed E-state index contributed by atoms with van der Waals surface area (Å²) in [7, 11) is 1.46. The van der Waals surface area contributed by atoms with Gasteiger partial charge >= 0.3 is 0 Å². The van der Waals surface area contributed by atoms with Crippen LogP contribution in [0.25, 0.3) is 16.9 Å². The lowest BCUT2D eigenvalue weighted by atomic mass is 9.98. The molecule has 0 saturated carbocycles. The summed E-state index contributed by atoms with van der Waals surface area (Å²) in [5.41, 5.74) is 9.04. The van der Waals surface area contributed by atoms with E-state index in [4.69, 9.17) is 10.5 Å². The largest absolute Gasteiger partial charge is 0.479 e. The molecule has 9 nitrogen and oxygen atoms in total. The maximum absolute atomic E-state index is 12.8. The number of hydrogen-bond acceptors (Lipinski definition) is 7. The van der Waals surface area contributed by atoms with Gasteiger partial charge in [0.05, 0.1) is 12.8 Å². The van der Waals surface area contributed by atoms with E-state index < -0.39 is 0 Å². The lowest BCUT2D eigenvalue weighted by Gasteiger charge is -2.13. The Morgan fingerprint density at radius 2 is 2.00 bits per heavy atom. The molecule has 4 aromatic rings. The molecule has 3 N–H and O–H groups in total. The topological polar surface area (TPSA) is 120 Å². The highest BCUT2D eigenvalue weighted by Gasteiger charge is 2.17. The lowest BCUT2D eigenvalue weighted by Crippen LogP contribution is -2.26. The van der Waals surface area contributed by atoms with Gasteiger partial charge in [-0.15, -0.1) is 15.3 Å². The van der Waals surface area contributed by atoms with Crippen LogP contribution in [0.2, 0.25) is 0 Å². The highest BCUT2D eigenvalue weighted by atomic mass is 16.5. The molecule has 1 atom stereocenters. The van der Waals surface area contributed by atoms with E-state index in [-0.39, 0.29) is 17.7 Å². The molecule has 9 heteroatoms. The molecule has 3 aromatic heterocycles. The molecule has 0 aliphatic heterocycles. The summed E-state index contributed by atoms with van der Waals surface area (Å²) >= 11 is 0. The molecule has 1 unspecified atom stereocenters. The van der Waals surface area contributed by atoms with Crippen LogP contribution in [0.3, 0.4) is 0 Å². The number of nitrogens with two attached hydrogens (primary N) is 1. The molecule has 0 fully saturated rings. The second kappa shape index (κ2) is 8.78. The van der Waals surface area contributed by atoms with Gasteiger partial charge < -0.3 is 15.8 Å². The first kappa shape index (κ1) is 20.3. The molecule has 3 heterocycles. The van der Waals surface area contributed by atoms with Gasteiger partial charge in [-0.25, -0.2) is 4.52 Å². The summed E-state index contributed by atoms with van der Waals surface area (Å²) in [5.74, 6) is 0.422. The summed E-state index contributed by atoms with van der Waals surface area (Å²) in [6, 6.07) is 15.5. The maximum atomic E-state index is 12.8. The van der Waals surface area contributed by atoms with E-state index in [1.165, 1.54) is 12.7 Å². The van der Waals surface area contributed by atoms with E-state index in [2.05, 4.69) is 44.7 Å². The van der Waals surface area contributed by atoms with Crippen molar-refractivity contribution in [2.24, 2.45) is 0 Å². The summed E-state index contributed by atoms with van der Waals surface area (Å²) < 4.78 is 6.82. The van der Waals surface area contributed by atoms with E-state index in [1.54, 1.807) is 28.9 Å². The smallest absolute Gasteiger partial charge is 0.256 e. The van der Waals surface area contributed by atoms with Crippen molar-refractivity contribution in [3.8, 4) is 17.1 Å². The van der Waals surface area contributed by atoms with Gasteiger partial charge in [0.25, 0.3) is 5.91 Å². The van der Waals surface area contributed by atoms with Crippen molar-refractivity contribution in [3.05, 3.63) is 65.9 Å². The molecular formula is C22H23N7O2. The number of aromatic nitrogens is 5. The molecule has 1 amide bonds. The summed E-state index contributed by atoms with van der Waals surface area (Å²) in [6.07, 6.45) is 2.54. The molecule has 0 spiro atoms. The molecule has 0 saturated heterocycles. The van der Waals surface area contributed by atoms with Crippen molar-refractivity contribution < 1.29 is 9.53 Å². The van der Waals surface area contributed by atoms with Gasteiger partial charge in [-0.2, -0.15) is 4.98 Å². The standard InChI is InChI=1S/C22H23N7O2/c1-14(15-6-4-3-5-7-15)8-10-24-20(30)17-13-18(26-27-21(17)31-2)16-9-11-29-19(12-16)25-22(23)28-29/h3-7,9,11-14H,8,10H2,1-2H3,(H2,23,28)(H,24,30). The lowest BCUT2D eigenvalue weighted by molar-refractivity contribution is 0.0948. The Balaban J connectivity index is 1.50. The van der Waals surface area contributed by atoms with E-state index in [1.807, 2.05) is 18.2 Å². The fourth-order valence-corrected chi connectivity index (χ4v) is 3.34. The van der Waals surface area contributed by atoms with Crippen LogP contribution < -0.4 is 15.8 Å². The second-order valence-corrected chi connectivity index (χ2v) is 7.20. The highest BCUT2D eigenvalue weighted by molar-refractivity contribution is 5.97. The molecule has 0 bridgehead atoms. The van der Waals surface area contributed by atoms with Crippen molar-refractivity contribution in [2.75, 3.05) is 19.4 Å². The van der Waals surface area contributed by atoms with E-state index in [9.17, 15) is 4.79 Å². The van der Waals surface area contributed by atoms with Crippen LogP contribution >= 0.6 is 0 Å². The fourth-order valence-electron chi connectivity index (χ4n) is 3.34. The van der Waals surface area contributed by atoms with Crippen molar-refractivity contribution in [3.63, 3.8) is 0 Å². The number of ether oxygens (including phenoxy) is 1. The average molecular weight is 417 g/mol. The number of amides is 1. The summed E-state index contributed by atoms with van der Waals surface area (Å²) in [6.45, 7) is 2.67. The van der Waals surface area contributed by atoms with Crippen molar-refractivity contribution in [1.82, 2.24) is 30.1 Å². The van der Waals surface area contributed by atoms with Crippen molar-refractivity contribution >= 4 is 17.5 Å². The predicted molar refractivity (Wildman–Crippen MR) is 117 cm³/mol. The van der Waals surface area contributed by atoms with Crippen LogP contribution in [0, 0.1) is 0 Å². The third-order valence-electron chi connectivity index (χ3n) is 5.08. The zero-order valence-corrected chi connectivity index (χ0v) is 17.3. The number of carbonyl (C=O) groups excluding carboxylic acids is 1. The van der Waals surface area contributed by atoms with Crippen LogP contribution in [0.4, 0.5) is 5.95 Å². The number of hydrogen-bond donors (Lipinski definition) is 2. The van der Waals surface area contributed by atoms with Gasteiger partial charge in [-0.3, -0.25) is 4.79 Å². The monoisotopic (exact) mass is 417 g/mol. The number of pyridine rings is 1. The first-order chi connectivity index (χ1) is 15.0. The predicted octanol–water partition coefficient (Wildman–Crippen LogP) is 2.70. The Bertz CT molecular complexity index is 1210. The number of carbonyl (C=O) groups is 1. The summed E-state index contributed by atoms with van der Waals surface area (Å²) in [4.78, 5) is 17.0. The van der Waals surface area contributed by atoms with Crippen LogP contribution in [0.15, 0.2) is 54.7 Å². The first-order valence-corrected chi connectivity index (χ1v) is 9.92. The minimum Gasteiger partial charge on any atom is -0.479 e. The number of benzene rings is 1.